The van der Waals surface area contributed by atoms with Gasteiger partial charge in [-0.15, -0.1) is 0 Å². The molecular formula is C12H12F2O3. The Balaban J connectivity index is 2.33. The number of benzene rings is 1. The molecule has 17 heavy (non-hydrogen) atoms. The van der Waals surface area contributed by atoms with Crippen LogP contribution in [0.4, 0.5) is 8.78 Å². The van der Waals surface area contributed by atoms with Crippen LogP contribution in [0.1, 0.15) is 24.8 Å². The zero-order valence-corrected chi connectivity index (χ0v) is 9.24. The van der Waals surface area contributed by atoms with Gasteiger partial charge in [-0.25, -0.2) is 8.78 Å². The van der Waals surface area contributed by atoms with E-state index in [1.54, 1.807) is 6.92 Å². The van der Waals surface area contributed by atoms with Crippen LogP contribution in [0.3, 0.4) is 0 Å². The van der Waals surface area contributed by atoms with Gasteiger partial charge in [0.1, 0.15) is 5.82 Å². The maximum absolute atomic E-state index is 13.9. The molecule has 1 aromatic carbocycles. The zero-order chi connectivity index (χ0) is 12.6. The summed E-state index contributed by atoms with van der Waals surface area (Å²) in [5, 5.41) is 8.76. The molecule has 0 heterocycles. The number of carboxylic acid groups (broad SMARTS) is 1. The van der Waals surface area contributed by atoms with Gasteiger partial charge in [-0.2, -0.15) is 0 Å². The van der Waals surface area contributed by atoms with Crippen LogP contribution in [0.15, 0.2) is 12.1 Å². The van der Waals surface area contributed by atoms with Crippen molar-refractivity contribution in [3.05, 3.63) is 29.3 Å². The first-order valence-corrected chi connectivity index (χ1v) is 5.39. The molecule has 1 N–H and O–H groups in total. The Hall–Kier alpha value is -1.65. The van der Waals surface area contributed by atoms with Crippen molar-refractivity contribution in [2.24, 2.45) is 5.92 Å². The predicted octanol–water partition coefficient (Wildman–Crippen LogP) is 2.55. The third-order valence-electron chi connectivity index (χ3n) is 2.87. The molecule has 3 nitrogen and oxygen atoms in total. The Labute approximate surface area is 97.0 Å². The van der Waals surface area contributed by atoms with Crippen LogP contribution < -0.4 is 4.74 Å². The molecule has 5 heteroatoms. The average Bonchev–Trinajstić information content (AvgIpc) is 3.03. The van der Waals surface area contributed by atoms with Crippen molar-refractivity contribution in [2.75, 3.05) is 6.61 Å². The van der Waals surface area contributed by atoms with Crippen LogP contribution >= 0.6 is 0 Å². The second-order valence-corrected chi connectivity index (χ2v) is 3.99. The Bertz CT molecular complexity index is 459. The van der Waals surface area contributed by atoms with Gasteiger partial charge in [0, 0.05) is 11.5 Å². The molecule has 1 aliphatic carbocycles. The molecule has 0 amide bonds. The van der Waals surface area contributed by atoms with Gasteiger partial charge in [0.2, 0.25) is 0 Å². The minimum atomic E-state index is -1.02. The summed E-state index contributed by atoms with van der Waals surface area (Å²) in [7, 11) is 0. The highest BCUT2D eigenvalue weighted by Crippen LogP contribution is 2.50. The summed E-state index contributed by atoms with van der Waals surface area (Å²) in [6.07, 6.45) is 0.277. The van der Waals surface area contributed by atoms with Crippen LogP contribution in [-0.4, -0.2) is 17.7 Å². The summed E-state index contributed by atoms with van der Waals surface area (Å²) in [6, 6.07) is 2.33. The monoisotopic (exact) mass is 242 g/mol. The molecule has 92 valence electrons. The largest absolute Gasteiger partial charge is 0.491 e. The number of carboxylic acids is 1. The molecule has 1 aromatic rings. The highest BCUT2D eigenvalue weighted by molar-refractivity contribution is 5.75. The van der Waals surface area contributed by atoms with Gasteiger partial charge in [-0.3, -0.25) is 4.79 Å². The van der Waals surface area contributed by atoms with E-state index in [2.05, 4.69) is 0 Å². The van der Waals surface area contributed by atoms with Crippen molar-refractivity contribution in [1.82, 2.24) is 0 Å². The van der Waals surface area contributed by atoms with E-state index in [4.69, 9.17) is 9.84 Å². The Morgan fingerprint density at radius 2 is 2.24 bits per heavy atom. The lowest BCUT2D eigenvalue weighted by Crippen LogP contribution is -2.04. The number of hydrogen-bond acceptors (Lipinski definition) is 2. The first-order chi connectivity index (χ1) is 8.06. The maximum atomic E-state index is 13.9. The third-order valence-corrected chi connectivity index (χ3v) is 2.87. The summed E-state index contributed by atoms with van der Waals surface area (Å²) in [6.45, 7) is 1.97. The average molecular weight is 242 g/mol. The van der Waals surface area contributed by atoms with E-state index in [0.29, 0.717) is 0 Å². The highest BCUT2D eigenvalue weighted by atomic mass is 19.1. The summed E-state index contributed by atoms with van der Waals surface area (Å²) < 4.78 is 32.4. The number of hydrogen-bond donors (Lipinski definition) is 1. The molecule has 0 bridgehead atoms. The predicted molar refractivity (Wildman–Crippen MR) is 56.0 cm³/mol. The van der Waals surface area contributed by atoms with Gasteiger partial charge >= 0.3 is 5.97 Å². The zero-order valence-electron chi connectivity index (χ0n) is 9.24. The van der Waals surface area contributed by atoms with Crippen LogP contribution in [0.5, 0.6) is 5.75 Å². The number of carbonyl (C=O) groups is 1. The Morgan fingerprint density at radius 1 is 1.53 bits per heavy atom. The Morgan fingerprint density at radius 3 is 2.76 bits per heavy atom. The SMILES string of the molecule is CCOc1ccc(F)c([C@H]2C[C@H]2C(=O)O)c1F. The number of aliphatic carboxylic acids is 1. The standard InChI is InChI=1S/C12H12F2O3/c1-2-17-9-4-3-8(13)10(11(9)14)6-5-7(6)12(15)16/h3-4,6-7H,2,5H2,1H3,(H,15,16)/t6-,7+/m0/s1. The van der Waals surface area contributed by atoms with Crippen molar-refractivity contribution >= 4 is 5.97 Å². The molecule has 0 unspecified atom stereocenters. The quantitative estimate of drug-likeness (QED) is 0.882. The second kappa shape index (κ2) is 4.31. The van der Waals surface area contributed by atoms with E-state index in [0.717, 1.165) is 6.07 Å². The van der Waals surface area contributed by atoms with Gasteiger partial charge in [0.15, 0.2) is 11.6 Å². The first-order valence-electron chi connectivity index (χ1n) is 5.39. The second-order valence-electron chi connectivity index (χ2n) is 3.99. The fourth-order valence-electron chi connectivity index (χ4n) is 1.94. The number of ether oxygens (including phenoxy) is 1. The molecule has 1 aliphatic rings. The van der Waals surface area contributed by atoms with Gasteiger partial charge in [-0.05, 0) is 25.5 Å². The van der Waals surface area contributed by atoms with Crippen LogP contribution in [0, 0.1) is 17.6 Å². The lowest BCUT2D eigenvalue weighted by Gasteiger charge is -2.09. The molecule has 0 spiro atoms. The lowest BCUT2D eigenvalue weighted by molar-refractivity contribution is -0.138. The van der Waals surface area contributed by atoms with Crippen LogP contribution in [0.2, 0.25) is 0 Å². The van der Waals surface area contributed by atoms with E-state index >= 15 is 0 Å². The molecular weight excluding hydrogens is 230 g/mol. The summed E-state index contributed by atoms with van der Waals surface area (Å²) in [5.41, 5.74) is -0.164. The van der Waals surface area contributed by atoms with Gasteiger partial charge < -0.3 is 9.84 Å². The molecule has 0 aromatic heterocycles. The van der Waals surface area contributed by atoms with E-state index < -0.39 is 29.4 Å². The van der Waals surface area contributed by atoms with Crippen molar-refractivity contribution in [2.45, 2.75) is 19.3 Å². The maximum Gasteiger partial charge on any atom is 0.307 e. The number of rotatable bonds is 4. The van der Waals surface area contributed by atoms with Gasteiger partial charge in [0.25, 0.3) is 0 Å². The normalized spacial score (nSPS) is 22.3. The topological polar surface area (TPSA) is 46.5 Å². The lowest BCUT2D eigenvalue weighted by atomic mass is 10.1. The van der Waals surface area contributed by atoms with Gasteiger partial charge in [-0.1, -0.05) is 0 Å². The molecule has 0 radical (unpaired) electrons. The van der Waals surface area contributed by atoms with Crippen LogP contribution in [0.25, 0.3) is 0 Å². The van der Waals surface area contributed by atoms with E-state index in [9.17, 15) is 13.6 Å². The molecule has 1 saturated carbocycles. The van der Waals surface area contributed by atoms with E-state index in [1.807, 2.05) is 0 Å². The van der Waals surface area contributed by atoms with Crippen molar-refractivity contribution < 1.29 is 23.4 Å². The minimum absolute atomic E-state index is 0.0278. The summed E-state index contributed by atoms with van der Waals surface area (Å²) >= 11 is 0. The molecule has 2 atom stereocenters. The molecule has 1 fully saturated rings. The van der Waals surface area contributed by atoms with E-state index in [1.165, 1.54) is 6.07 Å². The van der Waals surface area contributed by atoms with Crippen molar-refractivity contribution in [3.8, 4) is 5.75 Å². The highest BCUT2D eigenvalue weighted by Gasteiger charge is 2.47. The third kappa shape index (κ3) is 2.09. The van der Waals surface area contributed by atoms with E-state index in [-0.39, 0.29) is 24.3 Å². The van der Waals surface area contributed by atoms with Crippen molar-refractivity contribution in [3.63, 3.8) is 0 Å². The molecule has 0 aliphatic heterocycles. The summed E-state index contributed by atoms with van der Waals surface area (Å²) in [5.74, 6) is -3.79. The van der Waals surface area contributed by atoms with Gasteiger partial charge in [0.05, 0.1) is 12.5 Å². The minimum Gasteiger partial charge on any atom is -0.491 e. The first kappa shape index (κ1) is 11.8. The fourth-order valence-corrected chi connectivity index (χ4v) is 1.94. The molecule has 2 rings (SSSR count). The smallest absolute Gasteiger partial charge is 0.307 e. The van der Waals surface area contributed by atoms with Crippen LogP contribution in [-0.2, 0) is 4.79 Å². The Kier molecular flexibility index (Phi) is 3.00. The fraction of sp³-hybridized carbons (Fsp3) is 0.417. The molecule has 0 saturated heterocycles. The van der Waals surface area contributed by atoms with Crippen molar-refractivity contribution in [1.29, 1.82) is 0 Å². The summed E-state index contributed by atoms with van der Waals surface area (Å²) in [4.78, 5) is 10.7. The number of halogens is 2.